The Morgan fingerprint density at radius 3 is 2.28 bits per heavy atom. The van der Waals surface area contributed by atoms with Gasteiger partial charge in [0.1, 0.15) is 11.4 Å². The highest BCUT2D eigenvalue weighted by molar-refractivity contribution is 5.95. The van der Waals surface area contributed by atoms with Crippen LogP contribution in [0.2, 0.25) is 0 Å². The van der Waals surface area contributed by atoms with E-state index < -0.39 is 10.8 Å². The third-order valence-corrected chi connectivity index (χ3v) is 3.71. The molecule has 7 nitrogen and oxygen atoms in total. The van der Waals surface area contributed by atoms with E-state index in [1.54, 1.807) is 37.3 Å². The molecule has 0 unspecified atom stereocenters. The minimum atomic E-state index is -0.538. The van der Waals surface area contributed by atoms with Gasteiger partial charge in [-0.1, -0.05) is 0 Å². The Balaban J connectivity index is 2.04. The Morgan fingerprint density at radius 1 is 1.12 bits per heavy atom. The summed E-state index contributed by atoms with van der Waals surface area (Å²) in [5.74, 6) is -0.150. The van der Waals surface area contributed by atoms with Crippen LogP contribution in [0.1, 0.15) is 28.4 Å². The van der Waals surface area contributed by atoms with Gasteiger partial charge in [-0.25, -0.2) is 0 Å². The zero-order valence-electron chi connectivity index (χ0n) is 14.2. The molecule has 0 heterocycles. The van der Waals surface area contributed by atoms with Gasteiger partial charge in [-0.05, 0) is 62.2 Å². The highest BCUT2D eigenvalue weighted by atomic mass is 16.6. The van der Waals surface area contributed by atoms with Gasteiger partial charge in [-0.2, -0.15) is 0 Å². The first-order valence-electron chi connectivity index (χ1n) is 7.57. The maximum absolute atomic E-state index is 12.0. The number of rotatable bonds is 6. The van der Waals surface area contributed by atoms with E-state index >= 15 is 0 Å². The van der Waals surface area contributed by atoms with Crippen molar-refractivity contribution in [3.8, 4) is 5.75 Å². The molecule has 0 radical (unpaired) electrons. The normalized spacial score (nSPS) is 10.2. The molecular formula is C18H18N2O5. The summed E-state index contributed by atoms with van der Waals surface area (Å²) < 4.78 is 5.34. The van der Waals surface area contributed by atoms with Crippen LogP contribution in [0.25, 0.3) is 0 Å². The molecule has 1 N–H and O–H groups in total. The molecule has 0 saturated heterocycles. The van der Waals surface area contributed by atoms with Gasteiger partial charge < -0.3 is 10.1 Å². The molecule has 1 amide bonds. The first-order valence-corrected chi connectivity index (χ1v) is 7.57. The lowest BCUT2D eigenvalue weighted by Crippen LogP contribution is -2.21. The molecule has 0 spiro atoms. The zero-order chi connectivity index (χ0) is 18.6. The number of carbonyl (C=O) groups is 2. The number of anilines is 1. The lowest BCUT2D eigenvalue weighted by Gasteiger charge is -2.10. The summed E-state index contributed by atoms with van der Waals surface area (Å²) in [5.41, 5.74) is 2.12. The smallest absolute Gasteiger partial charge is 0.293 e. The van der Waals surface area contributed by atoms with Crippen molar-refractivity contribution in [3.63, 3.8) is 0 Å². The second-order valence-electron chi connectivity index (χ2n) is 5.63. The molecule has 0 aliphatic rings. The quantitative estimate of drug-likeness (QED) is 0.492. The van der Waals surface area contributed by atoms with Gasteiger partial charge in [0.15, 0.2) is 12.4 Å². The molecule has 0 fully saturated rings. The standard InChI is InChI=1S/C18H18N2O5/c1-11-8-16(17(20(23)24)9-12(11)2)19-18(22)10-25-15-6-4-14(5-7-15)13(3)21/h4-9H,10H2,1-3H3,(H,19,22). The van der Waals surface area contributed by atoms with Gasteiger partial charge >= 0.3 is 0 Å². The maximum atomic E-state index is 12.0. The van der Waals surface area contributed by atoms with Crippen molar-refractivity contribution in [1.29, 1.82) is 0 Å². The predicted molar refractivity (Wildman–Crippen MR) is 93.1 cm³/mol. The van der Waals surface area contributed by atoms with Gasteiger partial charge in [0, 0.05) is 11.6 Å². The van der Waals surface area contributed by atoms with E-state index in [0.717, 1.165) is 11.1 Å². The SMILES string of the molecule is CC(=O)c1ccc(OCC(=O)Nc2cc(C)c(C)cc2[N+](=O)[O-])cc1. The van der Waals surface area contributed by atoms with Gasteiger partial charge in [0.05, 0.1) is 4.92 Å². The first kappa shape index (κ1) is 18.1. The number of hydrogen-bond donors (Lipinski definition) is 1. The average Bonchev–Trinajstić information content (AvgIpc) is 2.56. The minimum Gasteiger partial charge on any atom is -0.484 e. The number of nitrogens with one attached hydrogen (secondary N) is 1. The number of carbonyl (C=O) groups excluding carboxylic acids is 2. The largest absolute Gasteiger partial charge is 0.484 e. The Bertz CT molecular complexity index is 828. The lowest BCUT2D eigenvalue weighted by atomic mass is 10.1. The molecule has 2 rings (SSSR count). The van der Waals surface area contributed by atoms with Gasteiger partial charge in [-0.15, -0.1) is 0 Å². The molecule has 2 aromatic carbocycles. The molecule has 0 aliphatic heterocycles. The zero-order valence-corrected chi connectivity index (χ0v) is 14.2. The molecule has 25 heavy (non-hydrogen) atoms. The predicted octanol–water partition coefficient (Wildman–Crippen LogP) is 3.43. The molecule has 0 aliphatic carbocycles. The first-order chi connectivity index (χ1) is 11.8. The average molecular weight is 342 g/mol. The van der Waals surface area contributed by atoms with E-state index in [0.29, 0.717) is 11.3 Å². The number of ether oxygens (including phenoxy) is 1. The summed E-state index contributed by atoms with van der Waals surface area (Å²) in [4.78, 5) is 33.8. The highest BCUT2D eigenvalue weighted by Gasteiger charge is 2.17. The van der Waals surface area contributed by atoms with E-state index in [4.69, 9.17) is 4.74 Å². The van der Waals surface area contributed by atoms with Crippen molar-refractivity contribution in [1.82, 2.24) is 0 Å². The monoisotopic (exact) mass is 342 g/mol. The van der Waals surface area contributed by atoms with Crippen LogP contribution < -0.4 is 10.1 Å². The third kappa shape index (κ3) is 4.63. The molecule has 2 aromatic rings. The van der Waals surface area contributed by atoms with Crippen LogP contribution in [-0.4, -0.2) is 23.2 Å². The van der Waals surface area contributed by atoms with Crippen molar-refractivity contribution < 1.29 is 19.2 Å². The van der Waals surface area contributed by atoms with Crippen molar-refractivity contribution in [2.45, 2.75) is 20.8 Å². The van der Waals surface area contributed by atoms with Crippen molar-refractivity contribution >= 4 is 23.1 Å². The fourth-order valence-electron chi connectivity index (χ4n) is 2.17. The highest BCUT2D eigenvalue weighted by Crippen LogP contribution is 2.27. The molecule has 7 heteroatoms. The second-order valence-corrected chi connectivity index (χ2v) is 5.63. The Labute approximate surface area is 144 Å². The number of Topliss-reactive ketones (excluding diaryl/α,β-unsaturated/α-hetero) is 1. The van der Waals surface area contributed by atoms with Crippen LogP contribution in [0.4, 0.5) is 11.4 Å². The molecular weight excluding hydrogens is 324 g/mol. The Morgan fingerprint density at radius 2 is 1.72 bits per heavy atom. The van der Waals surface area contributed by atoms with E-state index in [1.807, 2.05) is 6.92 Å². The topological polar surface area (TPSA) is 98.5 Å². The number of nitrogens with zero attached hydrogens (tertiary/aromatic N) is 1. The van der Waals surface area contributed by atoms with Crippen LogP contribution >= 0.6 is 0 Å². The third-order valence-electron chi connectivity index (χ3n) is 3.71. The molecule has 0 atom stereocenters. The van der Waals surface area contributed by atoms with E-state index in [9.17, 15) is 19.7 Å². The summed E-state index contributed by atoms with van der Waals surface area (Å²) in [6.45, 7) is 4.73. The summed E-state index contributed by atoms with van der Waals surface area (Å²) >= 11 is 0. The fourth-order valence-corrected chi connectivity index (χ4v) is 2.17. The molecule has 0 aromatic heterocycles. The molecule has 0 bridgehead atoms. The van der Waals surface area contributed by atoms with Crippen molar-refractivity contribution in [2.75, 3.05) is 11.9 Å². The summed E-state index contributed by atoms with van der Waals surface area (Å²) in [7, 11) is 0. The summed E-state index contributed by atoms with van der Waals surface area (Å²) in [6.07, 6.45) is 0. The number of nitro groups is 1. The number of aryl methyl sites for hydroxylation is 2. The van der Waals surface area contributed by atoms with E-state index in [1.165, 1.54) is 13.0 Å². The number of amides is 1. The summed E-state index contributed by atoms with van der Waals surface area (Å²) in [5, 5.41) is 13.6. The van der Waals surface area contributed by atoms with Crippen LogP contribution in [0.5, 0.6) is 5.75 Å². The Hall–Kier alpha value is -3.22. The van der Waals surface area contributed by atoms with Gasteiger partial charge in [0.2, 0.25) is 0 Å². The Kier molecular flexibility index (Phi) is 5.49. The van der Waals surface area contributed by atoms with E-state index in [-0.39, 0.29) is 23.8 Å². The van der Waals surface area contributed by atoms with Crippen molar-refractivity contribution in [2.24, 2.45) is 0 Å². The number of hydrogen-bond acceptors (Lipinski definition) is 5. The summed E-state index contributed by atoms with van der Waals surface area (Å²) in [6, 6.07) is 9.36. The second kappa shape index (κ2) is 7.57. The lowest BCUT2D eigenvalue weighted by molar-refractivity contribution is -0.384. The van der Waals surface area contributed by atoms with Crippen LogP contribution in [0.15, 0.2) is 36.4 Å². The van der Waals surface area contributed by atoms with Gasteiger partial charge in [-0.3, -0.25) is 19.7 Å². The van der Waals surface area contributed by atoms with E-state index in [2.05, 4.69) is 5.32 Å². The van der Waals surface area contributed by atoms with Crippen LogP contribution in [0, 0.1) is 24.0 Å². The number of nitro benzene ring substituents is 1. The minimum absolute atomic E-state index is 0.0636. The molecule has 0 saturated carbocycles. The maximum Gasteiger partial charge on any atom is 0.293 e. The number of benzene rings is 2. The number of ketones is 1. The van der Waals surface area contributed by atoms with Crippen LogP contribution in [0.3, 0.4) is 0 Å². The van der Waals surface area contributed by atoms with Crippen LogP contribution in [-0.2, 0) is 4.79 Å². The fraction of sp³-hybridized carbons (Fsp3) is 0.222. The molecule has 130 valence electrons. The van der Waals surface area contributed by atoms with Gasteiger partial charge in [0.25, 0.3) is 11.6 Å². The van der Waals surface area contributed by atoms with Crippen molar-refractivity contribution in [3.05, 3.63) is 63.2 Å².